The van der Waals surface area contributed by atoms with Crippen molar-refractivity contribution >= 4 is 17.8 Å². The van der Waals surface area contributed by atoms with Crippen molar-refractivity contribution in [2.45, 2.75) is 65.3 Å². The molecule has 2 heterocycles. The number of benzene rings is 1. The van der Waals surface area contributed by atoms with Crippen LogP contribution in [0.1, 0.15) is 74.0 Å². The molecule has 10 heteroatoms. The molecule has 2 atom stereocenters. The highest BCUT2D eigenvalue weighted by Gasteiger charge is 2.27. The highest BCUT2D eigenvalue weighted by Crippen LogP contribution is 2.19. The Morgan fingerprint density at radius 1 is 1.05 bits per heavy atom. The standard InChI is InChI=1S/C29H37N5O5/c1-20(26-32-16-17-33-26)30-15-7-9-24(27(36)37)25(35)22-12-10-21(11-13-22)18-34(28(38)39-29(2,3)4)19-23-8-5-6-14-31-23/h5-6,8,10-14,16-17,20,24,30H,7,9,15,18-19H2,1-4H3,(H,32,33)(H,36,37)/t20-,24?/m0/s1. The summed E-state index contributed by atoms with van der Waals surface area (Å²) in [5.41, 5.74) is 1.15. The number of hydrogen-bond donors (Lipinski definition) is 3. The van der Waals surface area contributed by atoms with Gasteiger partial charge < -0.3 is 20.1 Å². The molecule has 0 saturated carbocycles. The van der Waals surface area contributed by atoms with Crippen molar-refractivity contribution in [3.05, 3.63) is 83.7 Å². The Hall–Kier alpha value is -4.05. The van der Waals surface area contributed by atoms with Crippen molar-refractivity contribution in [2.24, 2.45) is 5.92 Å². The number of aromatic nitrogens is 3. The van der Waals surface area contributed by atoms with Crippen LogP contribution < -0.4 is 5.32 Å². The van der Waals surface area contributed by atoms with Gasteiger partial charge in [-0.2, -0.15) is 0 Å². The number of amides is 1. The van der Waals surface area contributed by atoms with Crippen LogP contribution in [-0.2, 0) is 22.6 Å². The molecular weight excluding hydrogens is 498 g/mol. The van der Waals surface area contributed by atoms with E-state index < -0.39 is 29.4 Å². The number of ether oxygens (including phenoxy) is 1. The number of carboxylic acid groups (broad SMARTS) is 1. The number of carboxylic acids is 1. The first-order valence-electron chi connectivity index (χ1n) is 13.0. The van der Waals surface area contributed by atoms with Gasteiger partial charge in [-0.1, -0.05) is 30.3 Å². The number of carbonyl (C=O) groups is 3. The first kappa shape index (κ1) is 29.5. The van der Waals surface area contributed by atoms with E-state index in [0.29, 0.717) is 24.2 Å². The van der Waals surface area contributed by atoms with E-state index in [0.717, 1.165) is 11.4 Å². The van der Waals surface area contributed by atoms with Gasteiger partial charge in [-0.15, -0.1) is 0 Å². The van der Waals surface area contributed by atoms with Gasteiger partial charge in [-0.3, -0.25) is 19.5 Å². The molecule has 10 nitrogen and oxygen atoms in total. The summed E-state index contributed by atoms with van der Waals surface area (Å²) in [6.07, 6.45) is 5.34. The van der Waals surface area contributed by atoms with Gasteiger partial charge in [0.15, 0.2) is 5.78 Å². The number of imidazole rings is 1. The van der Waals surface area contributed by atoms with Crippen LogP contribution in [0.4, 0.5) is 4.79 Å². The molecule has 0 spiro atoms. The van der Waals surface area contributed by atoms with Gasteiger partial charge >= 0.3 is 12.1 Å². The van der Waals surface area contributed by atoms with Crippen LogP contribution in [0.2, 0.25) is 0 Å². The fourth-order valence-corrected chi connectivity index (χ4v) is 4.00. The highest BCUT2D eigenvalue weighted by atomic mass is 16.6. The number of carbonyl (C=O) groups excluding carboxylic acids is 2. The van der Waals surface area contributed by atoms with Gasteiger partial charge in [0.1, 0.15) is 17.3 Å². The Labute approximate surface area is 228 Å². The van der Waals surface area contributed by atoms with E-state index in [1.54, 1.807) is 74.6 Å². The molecule has 0 aliphatic carbocycles. The zero-order valence-corrected chi connectivity index (χ0v) is 22.9. The first-order valence-corrected chi connectivity index (χ1v) is 13.0. The number of aliphatic carboxylic acids is 1. The SMILES string of the molecule is C[C@H](NCCCC(C(=O)O)C(=O)c1ccc(CN(Cc2ccccn2)C(=O)OC(C)(C)C)cc1)c1ncc[nH]1. The van der Waals surface area contributed by atoms with Gasteiger partial charge in [0, 0.05) is 30.7 Å². The molecule has 1 amide bonds. The molecule has 39 heavy (non-hydrogen) atoms. The van der Waals surface area contributed by atoms with Crippen LogP contribution in [0.15, 0.2) is 61.1 Å². The van der Waals surface area contributed by atoms with Crippen LogP contribution in [0.5, 0.6) is 0 Å². The van der Waals surface area contributed by atoms with Crippen LogP contribution >= 0.6 is 0 Å². The number of pyridine rings is 1. The summed E-state index contributed by atoms with van der Waals surface area (Å²) in [5.74, 6) is -1.93. The zero-order valence-electron chi connectivity index (χ0n) is 22.9. The molecule has 2 aromatic heterocycles. The summed E-state index contributed by atoms with van der Waals surface area (Å²) in [5, 5.41) is 13.0. The number of aromatic amines is 1. The molecule has 1 unspecified atom stereocenters. The number of nitrogens with zero attached hydrogens (tertiary/aromatic N) is 3. The minimum absolute atomic E-state index is 0.00978. The smallest absolute Gasteiger partial charge is 0.410 e. The second-order valence-corrected chi connectivity index (χ2v) is 10.4. The average Bonchev–Trinajstić information content (AvgIpc) is 3.43. The summed E-state index contributed by atoms with van der Waals surface area (Å²) in [6.45, 7) is 8.41. The highest BCUT2D eigenvalue weighted by molar-refractivity contribution is 6.08. The van der Waals surface area contributed by atoms with Crippen LogP contribution in [0.3, 0.4) is 0 Å². The van der Waals surface area contributed by atoms with Crippen LogP contribution in [0.25, 0.3) is 0 Å². The Kier molecular flexibility index (Phi) is 10.3. The molecule has 0 fully saturated rings. The van der Waals surface area contributed by atoms with Crippen molar-refractivity contribution in [3.8, 4) is 0 Å². The second kappa shape index (κ2) is 13.7. The largest absolute Gasteiger partial charge is 0.481 e. The Balaban J connectivity index is 1.62. The molecule has 0 aliphatic rings. The average molecular weight is 536 g/mol. The molecular formula is C29H37N5O5. The Morgan fingerprint density at radius 2 is 1.79 bits per heavy atom. The van der Waals surface area contributed by atoms with Gasteiger partial charge in [0.25, 0.3) is 0 Å². The number of ketones is 1. The van der Waals surface area contributed by atoms with Crippen molar-refractivity contribution in [1.82, 2.24) is 25.2 Å². The number of rotatable bonds is 13. The summed E-state index contributed by atoms with van der Waals surface area (Å²) >= 11 is 0. The monoisotopic (exact) mass is 535 g/mol. The third-order valence-corrected chi connectivity index (χ3v) is 6.01. The zero-order chi connectivity index (χ0) is 28.4. The van der Waals surface area contributed by atoms with E-state index in [1.807, 2.05) is 19.1 Å². The summed E-state index contributed by atoms with van der Waals surface area (Å²) in [7, 11) is 0. The van der Waals surface area contributed by atoms with Crippen LogP contribution in [-0.4, -0.2) is 54.9 Å². The van der Waals surface area contributed by atoms with E-state index in [4.69, 9.17) is 4.74 Å². The molecule has 0 aliphatic heterocycles. The quantitative estimate of drug-likeness (QED) is 0.162. The topological polar surface area (TPSA) is 138 Å². The van der Waals surface area contributed by atoms with E-state index in [1.165, 1.54) is 0 Å². The predicted molar refractivity (Wildman–Crippen MR) is 146 cm³/mol. The first-order chi connectivity index (χ1) is 18.5. The second-order valence-electron chi connectivity index (χ2n) is 10.4. The lowest BCUT2D eigenvalue weighted by Gasteiger charge is -2.27. The molecule has 208 valence electrons. The summed E-state index contributed by atoms with van der Waals surface area (Å²) in [6, 6.07) is 12.2. The summed E-state index contributed by atoms with van der Waals surface area (Å²) < 4.78 is 5.58. The molecule has 0 bridgehead atoms. The normalized spacial score (nSPS) is 12.9. The lowest BCUT2D eigenvalue weighted by molar-refractivity contribution is -0.140. The third kappa shape index (κ3) is 9.33. The van der Waals surface area contributed by atoms with E-state index in [-0.39, 0.29) is 25.6 Å². The van der Waals surface area contributed by atoms with Gasteiger partial charge in [0.2, 0.25) is 0 Å². The van der Waals surface area contributed by atoms with Crippen molar-refractivity contribution in [3.63, 3.8) is 0 Å². The molecule has 3 aromatic rings. The lowest BCUT2D eigenvalue weighted by Crippen LogP contribution is -2.36. The van der Waals surface area contributed by atoms with Crippen LogP contribution in [0, 0.1) is 5.92 Å². The number of nitrogens with one attached hydrogen (secondary N) is 2. The van der Waals surface area contributed by atoms with Gasteiger partial charge in [0.05, 0.1) is 18.3 Å². The Bertz CT molecular complexity index is 1210. The Morgan fingerprint density at radius 3 is 2.38 bits per heavy atom. The predicted octanol–water partition coefficient (Wildman–Crippen LogP) is 4.76. The van der Waals surface area contributed by atoms with Crippen molar-refractivity contribution in [2.75, 3.05) is 6.54 Å². The van der Waals surface area contributed by atoms with E-state index >= 15 is 0 Å². The lowest BCUT2D eigenvalue weighted by atomic mass is 9.92. The third-order valence-electron chi connectivity index (χ3n) is 6.01. The van der Waals surface area contributed by atoms with Gasteiger partial charge in [-0.25, -0.2) is 9.78 Å². The van der Waals surface area contributed by atoms with Gasteiger partial charge in [-0.05, 0) is 64.8 Å². The van der Waals surface area contributed by atoms with E-state index in [2.05, 4.69) is 20.3 Å². The van der Waals surface area contributed by atoms with Crippen molar-refractivity contribution < 1.29 is 24.2 Å². The fourth-order valence-electron chi connectivity index (χ4n) is 4.00. The van der Waals surface area contributed by atoms with Crippen molar-refractivity contribution in [1.29, 1.82) is 0 Å². The molecule has 0 radical (unpaired) electrons. The molecule has 0 saturated heterocycles. The number of H-pyrrole nitrogens is 1. The maximum absolute atomic E-state index is 13.0. The maximum Gasteiger partial charge on any atom is 0.410 e. The number of Topliss-reactive ketones (excluding diaryl/α,β-unsaturated/α-hetero) is 1. The van der Waals surface area contributed by atoms with E-state index in [9.17, 15) is 19.5 Å². The minimum atomic E-state index is -1.14. The minimum Gasteiger partial charge on any atom is -0.481 e. The summed E-state index contributed by atoms with van der Waals surface area (Å²) in [4.78, 5) is 50.9. The molecule has 1 aromatic carbocycles. The maximum atomic E-state index is 13.0. The fraction of sp³-hybridized carbons (Fsp3) is 0.414. The molecule has 3 rings (SSSR count). The number of hydrogen-bond acceptors (Lipinski definition) is 7. The molecule has 3 N–H and O–H groups in total.